The number of hydrogen-bond donors (Lipinski definition) is 8. The third-order valence-electron chi connectivity index (χ3n) is 5.22. The normalized spacial score (nSPS) is 15.1. The summed E-state index contributed by atoms with van der Waals surface area (Å²) in [4.78, 5) is 60.5. The van der Waals surface area contributed by atoms with Crippen molar-refractivity contribution in [1.82, 2.24) is 21.3 Å². The number of aliphatic hydroxyl groups excluding tert-OH is 1. The molecule has 4 amide bonds. The van der Waals surface area contributed by atoms with Crippen LogP contribution in [0.3, 0.4) is 0 Å². The molecule has 0 bridgehead atoms. The third-order valence-corrected chi connectivity index (χ3v) is 5.22. The van der Waals surface area contributed by atoms with Crippen molar-refractivity contribution in [3.63, 3.8) is 0 Å². The molecule has 13 heteroatoms. The van der Waals surface area contributed by atoms with Crippen LogP contribution in [0.2, 0.25) is 0 Å². The Bertz CT molecular complexity index is 935. The van der Waals surface area contributed by atoms with Crippen molar-refractivity contribution in [2.24, 2.45) is 11.7 Å². The fourth-order valence-electron chi connectivity index (χ4n) is 3.07. The first-order valence-electron chi connectivity index (χ1n) is 11.3. The molecule has 5 atom stereocenters. The zero-order chi connectivity index (χ0) is 27.6. The SMILES string of the molecule is CC(C)[C@H](NC(=O)CNC(=O)[C@H](C)NC(=O)[C@@H](NC(=O)[C@@H](N)Cc1ccc(O)cc1)[C@@H](C)O)C(=O)O. The molecule has 0 saturated carbocycles. The molecule has 200 valence electrons. The van der Waals surface area contributed by atoms with Gasteiger partial charge in [-0.3, -0.25) is 19.2 Å². The number of phenolic OH excluding ortho intramolecular Hbond substituents is 1. The van der Waals surface area contributed by atoms with Gasteiger partial charge in [-0.2, -0.15) is 0 Å². The topological polar surface area (TPSA) is 220 Å². The molecule has 1 aromatic rings. The van der Waals surface area contributed by atoms with Gasteiger partial charge >= 0.3 is 5.97 Å². The van der Waals surface area contributed by atoms with Crippen LogP contribution in [-0.4, -0.2) is 81.7 Å². The molecule has 1 aromatic carbocycles. The molecule has 36 heavy (non-hydrogen) atoms. The first-order valence-corrected chi connectivity index (χ1v) is 11.3. The number of nitrogens with two attached hydrogens (primary N) is 1. The van der Waals surface area contributed by atoms with E-state index in [-0.39, 0.29) is 18.1 Å². The van der Waals surface area contributed by atoms with Gasteiger partial charge in [-0.1, -0.05) is 26.0 Å². The van der Waals surface area contributed by atoms with Gasteiger partial charge < -0.3 is 42.3 Å². The predicted molar refractivity (Wildman–Crippen MR) is 128 cm³/mol. The largest absolute Gasteiger partial charge is 0.508 e. The molecule has 1 rings (SSSR count). The number of benzene rings is 1. The van der Waals surface area contributed by atoms with Crippen molar-refractivity contribution in [2.75, 3.05) is 6.54 Å². The molecule has 0 radical (unpaired) electrons. The molecule has 13 nitrogen and oxygen atoms in total. The van der Waals surface area contributed by atoms with Gasteiger partial charge in [0.15, 0.2) is 0 Å². The highest BCUT2D eigenvalue weighted by atomic mass is 16.4. The zero-order valence-corrected chi connectivity index (χ0v) is 20.6. The monoisotopic (exact) mass is 509 g/mol. The molecule has 0 unspecified atom stereocenters. The Labute approximate surface area is 208 Å². The van der Waals surface area contributed by atoms with Crippen molar-refractivity contribution < 1.29 is 39.3 Å². The average Bonchev–Trinajstić information content (AvgIpc) is 2.79. The number of carbonyl (C=O) groups is 5. The van der Waals surface area contributed by atoms with E-state index in [4.69, 9.17) is 10.8 Å². The van der Waals surface area contributed by atoms with E-state index in [1.165, 1.54) is 26.0 Å². The Morgan fingerprint density at radius 3 is 1.94 bits per heavy atom. The number of aromatic hydroxyl groups is 1. The average molecular weight is 510 g/mol. The number of carboxylic acid groups (broad SMARTS) is 1. The highest BCUT2D eigenvalue weighted by Crippen LogP contribution is 2.11. The predicted octanol–water partition coefficient (Wildman–Crippen LogP) is -2.03. The van der Waals surface area contributed by atoms with Gasteiger partial charge in [-0.25, -0.2) is 4.79 Å². The smallest absolute Gasteiger partial charge is 0.326 e. The van der Waals surface area contributed by atoms with Gasteiger partial charge in [0.2, 0.25) is 23.6 Å². The van der Waals surface area contributed by atoms with Crippen LogP contribution in [0.25, 0.3) is 0 Å². The van der Waals surface area contributed by atoms with Gasteiger partial charge in [-0.05, 0) is 43.9 Å². The second-order valence-corrected chi connectivity index (χ2v) is 8.78. The van der Waals surface area contributed by atoms with Gasteiger partial charge in [0.25, 0.3) is 0 Å². The van der Waals surface area contributed by atoms with Gasteiger partial charge in [0, 0.05) is 0 Å². The quantitative estimate of drug-likeness (QED) is 0.147. The Morgan fingerprint density at radius 2 is 1.44 bits per heavy atom. The van der Waals surface area contributed by atoms with Gasteiger partial charge in [-0.15, -0.1) is 0 Å². The number of phenols is 1. The molecule has 0 fully saturated rings. The highest BCUT2D eigenvalue weighted by molar-refractivity contribution is 5.94. The number of hydrogen-bond acceptors (Lipinski definition) is 8. The third kappa shape index (κ3) is 9.88. The van der Waals surface area contributed by atoms with Crippen LogP contribution in [0.5, 0.6) is 5.75 Å². The number of rotatable bonds is 13. The molecule has 0 spiro atoms. The summed E-state index contributed by atoms with van der Waals surface area (Å²) in [5.41, 5.74) is 6.57. The molecule has 0 heterocycles. The molecular formula is C23H35N5O8. The van der Waals surface area contributed by atoms with E-state index in [0.29, 0.717) is 5.56 Å². The van der Waals surface area contributed by atoms with E-state index in [9.17, 15) is 34.2 Å². The Kier molecular flexibility index (Phi) is 11.8. The van der Waals surface area contributed by atoms with Crippen LogP contribution in [0, 0.1) is 5.92 Å². The van der Waals surface area contributed by atoms with E-state index in [1.807, 2.05) is 0 Å². The van der Waals surface area contributed by atoms with Crippen molar-refractivity contribution in [1.29, 1.82) is 0 Å². The Balaban J connectivity index is 2.63. The number of carboxylic acids is 1. The minimum Gasteiger partial charge on any atom is -0.508 e. The summed E-state index contributed by atoms with van der Waals surface area (Å²) in [6, 6.07) is 1.33. The second kappa shape index (κ2) is 14.0. The van der Waals surface area contributed by atoms with E-state index in [2.05, 4.69) is 21.3 Å². The molecule has 0 aliphatic carbocycles. The van der Waals surface area contributed by atoms with Gasteiger partial charge in [0.05, 0.1) is 18.7 Å². The lowest BCUT2D eigenvalue weighted by atomic mass is 10.0. The molecule has 9 N–H and O–H groups in total. The standard InChI is InChI=1S/C23H35N5O8/c1-11(2)18(23(35)36)27-17(31)10-25-20(32)12(3)26-22(34)19(13(4)29)28-21(33)16(24)9-14-5-7-15(30)8-6-14/h5-8,11-13,16,18-19,29-30H,9-10,24H2,1-4H3,(H,25,32)(H,26,34)(H,27,31)(H,28,33)(H,35,36)/t12-,13+,16-,18-,19-/m0/s1. The summed E-state index contributed by atoms with van der Waals surface area (Å²) >= 11 is 0. The van der Waals surface area contributed by atoms with Crippen molar-refractivity contribution in [2.45, 2.75) is 64.4 Å². The van der Waals surface area contributed by atoms with Crippen LogP contribution in [0.4, 0.5) is 0 Å². The molecular weight excluding hydrogens is 474 g/mol. The van der Waals surface area contributed by atoms with Crippen LogP contribution < -0.4 is 27.0 Å². The highest BCUT2D eigenvalue weighted by Gasteiger charge is 2.30. The molecule has 0 aliphatic heterocycles. The number of amides is 4. The first-order chi connectivity index (χ1) is 16.7. The summed E-state index contributed by atoms with van der Waals surface area (Å²) in [5.74, 6) is -4.55. The van der Waals surface area contributed by atoms with E-state index < -0.39 is 66.4 Å². The maximum absolute atomic E-state index is 12.6. The number of carbonyl (C=O) groups excluding carboxylic acids is 4. The number of aliphatic hydroxyl groups is 1. The van der Waals surface area contributed by atoms with Crippen LogP contribution in [-0.2, 0) is 30.4 Å². The molecule has 0 aromatic heterocycles. The van der Waals surface area contributed by atoms with Crippen LogP contribution in [0.15, 0.2) is 24.3 Å². The lowest BCUT2D eigenvalue weighted by Gasteiger charge is -2.24. The van der Waals surface area contributed by atoms with E-state index in [1.54, 1.807) is 26.0 Å². The second-order valence-electron chi connectivity index (χ2n) is 8.78. The Hall–Kier alpha value is -3.71. The van der Waals surface area contributed by atoms with Crippen molar-refractivity contribution in [3.8, 4) is 5.75 Å². The molecule has 0 aliphatic rings. The number of aliphatic carboxylic acids is 1. The lowest BCUT2D eigenvalue weighted by molar-refractivity contribution is -0.143. The Morgan fingerprint density at radius 1 is 0.861 bits per heavy atom. The van der Waals surface area contributed by atoms with Crippen LogP contribution in [0.1, 0.15) is 33.3 Å². The fourth-order valence-corrected chi connectivity index (χ4v) is 3.07. The van der Waals surface area contributed by atoms with Crippen molar-refractivity contribution >= 4 is 29.6 Å². The molecule has 0 saturated heterocycles. The fraction of sp³-hybridized carbons (Fsp3) is 0.522. The van der Waals surface area contributed by atoms with E-state index in [0.717, 1.165) is 0 Å². The minimum absolute atomic E-state index is 0.0569. The minimum atomic E-state index is -1.41. The summed E-state index contributed by atoms with van der Waals surface area (Å²) in [7, 11) is 0. The van der Waals surface area contributed by atoms with Gasteiger partial charge in [0.1, 0.15) is 23.9 Å². The summed E-state index contributed by atoms with van der Waals surface area (Å²) < 4.78 is 0. The summed E-state index contributed by atoms with van der Waals surface area (Å²) in [6.45, 7) is 5.33. The lowest BCUT2D eigenvalue weighted by Crippen LogP contribution is -2.59. The van der Waals surface area contributed by atoms with Crippen molar-refractivity contribution in [3.05, 3.63) is 29.8 Å². The zero-order valence-electron chi connectivity index (χ0n) is 20.6. The first kappa shape index (κ1) is 30.3. The summed E-state index contributed by atoms with van der Waals surface area (Å²) in [6.07, 6.45) is -1.21. The maximum Gasteiger partial charge on any atom is 0.326 e. The maximum atomic E-state index is 12.6. The summed E-state index contributed by atoms with van der Waals surface area (Å²) in [5, 5.41) is 37.7. The van der Waals surface area contributed by atoms with E-state index >= 15 is 0 Å². The number of nitrogens with one attached hydrogen (secondary N) is 4. The van der Waals surface area contributed by atoms with Crippen LogP contribution >= 0.6 is 0 Å².